The number of carbonyl (C=O) groups excluding carboxylic acids is 2. The zero-order valence-electron chi connectivity index (χ0n) is 13.0. The van der Waals surface area contributed by atoms with Crippen LogP contribution < -0.4 is 9.80 Å². The summed E-state index contributed by atoms with van der Waals surface area (Å²) < 4.78 is 5.97. The van der Waals surface area contributed by atoms with Gasteiger partial charge in [0.1, 0.15) is 6.23 Å². The Labute approximate surface area is 139 Å². The third kappa shape index (κ3) is 1.73. The Hall–Kier alpha value is -2.66. The predicted molar refractivity (Wildman–Crippen MR) is 88.3 cm³/mol. The molecule has 24 heavy (non-hydrogen) atoms. The van der Waals surface area contributed by atoms with Gasteiger partial charge >= 0.3 is 0 Å². The van der Waals surface area contributed by atoms with Gasteiger partial charge in [0, 0.05) is 17.8 Å². The Morgan fingerprint density at radius 1 is 0.917 bits per heavy atom. The van der Waals surface area contributed by atoms with E-state index in [4.69, 9.17) is 4.74 Å². The number of benzene rings is 2. The molecule has 0 saturated carbocycles. The topological polar surface area (TPSA) is 49.9 Å². The Morgan fingerprint density at radius 2 is 1.67 bits per heavy atom. The average molecular weight is 320 g/mol. The van der Waals surface area contributed by atoms with Gasteiger partial charge in [0.05, 0.1) is 24.1 Å². The maximum atomic E-state index is 13.0. The summed E-state index contributed by atoms with van der Waals surface area (Å²) in [7, 11) is 0. The Bertz CT molecular complexity index is 836. The Kier molecular flexibility index (Phi) is 2.82. The van der Waals surface area contributed by atoms with Gasteiger partial charge in [-0.1, -0.05) is 36.4 Å². The third-order valence-electron chi connectivity index (χ3n) is 5.21. The number of anilines is 2. The second-order valence-corrected chi connectivity index (χ2v) is 6.46. The van der Waals surface area contributed by atoms with Crippen molar-refractivity contribution in [3.8, 4) is 0 Å². The number of carbonyl (C=O) groups is 2. The zero-order valence-corrected chi connectivity index (χ0v) is 13.0. The first kappa shape index (κ1) is 13.7. The quantitative estimate of drug-likeness (QED) is 0.756. The number of hydrogen-bond donors (Lipinski definition) is 0. The lowest BCUT2D eigenvalue weighted by Crippen LogP contribution is -2.44. The fourth-order valence-electron chi connectivity index (χ4n) is 4.12. The number of para-hydroxylation sites is 2. The van der Waals surface area contributed by atoms with Crippen LogP contribution in [0.5, 0.6) is 0 Å². The molecule has 3 atom stereocenters. The predicted octanol–water partition coefficient (Wildman–Crippen LogP) is 2.17. The van der Waals surface area contributed by atoms with Crippen LogP contribution in [-0.2, 0) is 20.9 Å². The normalized spacial score (nSPS) is 27.9. The molecule has 0 bridgehead atoms. The third-order valence-corrected chi connectivity index (χ3v) is 5.21. The molecule has 2 aromatic rings. The fourth-order valence-corrected chi connectivity index (χ4v) is 4.12. The van der Waals surface area contributed by atoms with E-state index in [9.17, 15) is 9.59 Å². The van der Waals surface area contributed by atoms with Crippen LogP contribution in [0.1, 0.15) is 5.56 Å². The van der Waals surface area contributed by atoms with E-state index in [0.717, 1.165) is 11.3 Å². The van der Waals surface area contributed by atoms with Gasteiger partial charge in [0.25, 0.3) is 0 Å². The number of hydrogen-bond acceptors (Lipinski definition) is 4. The number of fused-ring (bicyclic) bond motifs is 5. The summed E-state index contributed by atoms with van der Waals surface area (Å²) in [5.74, 6) is -1.03. The maximum absolute atomic E-state index is 13.0. The van der Waals surface area contributed by atoms with Crippen LogP contribution in [0.4, 0.5) is 11.4 Å². The van der Waals surface area contributed by atoms with Crippen molar-refractivity contribution >= 4 is 23.2 Å². The molecule has 5 heteroatoms. The second kappa shape index (κ2) is 4.92. The van der Waals surface area contributed by atoms with Crippen molar-refractivity contribution in [3.63, 3.8) is 0 Å². The van der Waals surface area contributed by atoms with Crippen molar-refractivity contribution < 1.29 is 14.3 Å². The van der Waals surface area contributed by atoms with E-state index in [1.54, 1.807) is 12.1 Å². The molecule has 0 unspecified atom stereocenters. The maximum Gasteiger partial charge on any atom is 0.242 e. The van der Waals surface area contributed by atoms with Crippen molar-refractivity contribution in [2.24, 2.45) is 11.8 Å². The molecule has 0 spiro atoms. The number of imide groups is 1. The molecular weight excluding hydrogens is 304 g/mol. The highest BCUT2D eigenvalue weighted by Gasteiger charge is 2.59. The van der Waals surface area contributed by atoms with E-state index in [1.807, 2.05) is 42.5 Å². The van der Waals surface area contributed by atoms with Gasteiger partial charge in [-0.05, 0) is 18.2 Å². The largest absolute Gasteiger partial charge is 0.353 e. The highest BCUT2D eigenvalue weighted by Crippen LogP contribution is 2.45. The van der Waals surface area contributed by atoms with E-state index < -0.39 is 5.92 Å². The molecule has 2 saturated heterocycles. The molecule has 0 aliphatic carbocycles. The van der Waals surface area contributed by atoms with E-state index in [0.29, 0.717) is 18.8 Å². The molecule has 3 heterocycles. The molecule has 3 aliphatic heterocycles. The molecule has 3 aliphatic rings. The molecule has 5 nitrogen and oxygen atoms in total. The zero-order chi connectivity index (χ0) is 16.3. The lowest BCUT2D eigenvalue weighted by Gasteiger charge is -2.35. The van der Waals surface area contributed by atoms with Gasteiger partial charge in [0.2, 0.25) is 11.8 Å². The van der Waals surface area contributed by atoms with Crippen molar-refractivity contribution in [3.05, 3.63) is 60.2 Å². The van der Waals surface area contributed by atoms with Crippen molar-refractivity contribution in [2.75, 3.05) is 16.3 Å². The van der Waals surface area contributed by atoms with Crippen molar-refractivity contribution in [1.29, 1.82) is 0 Å². The molecule has 2 amide bonds. The molecule has 2 fully saturated rings. The van der Waals surface area contributed by atoms with E-state index in [1.165, 1.54) is 4.90 Å². The van der Waals surface area contributed by atoms with Gasteiger partial charge in [-0.25, -0.2) is 4.90 Å². The van der Waals surface area contributed by atoms with Crippen LogP contribution in [0.3, 0.4) is 0 Å². The monoisotopic (exact) mass is 320 g/mol. The number of ether oxygens (including phenoxy) is 1. The fraction of sp³-hybridized carbons (Fsp3) is 0.263. The first-order valence-corrected chi connectivity index (χ1v) is 8.15. The van der Waals surface area contributed by atoms with Gasteiger partial charge in [0.15, 0.2) is 0 Å². The highest BCUT2D eigenvalue weighted by molar-refractivity contribution is 6.23. The van der Waals surface area contributed by atoms with Crippen molar-refractivity contribution in [1.82, 2.24) is 0 Å². The lowest BCUT2D eigenvalue weighted by atomic mass is 9.98. The highest BCUT2D eigenvalue weighted by atomic mass is 16.5. The number of amides is 2. The smallest absolute Gasteiger partial charge is 0.242 e. The summed E-state index contributed by atoms with van der Waals surface area (Å²) in [4.78, 5) is 29.2. The molecule has 0 aromatic heterocycles. The molecule has 0 N–H and O–H groups in total. The minimum absolute atomic E-state index is 0.119. The summed E-state index contributed by atoms with van der Waals surface area (Å²) in [6.45, 7) is 1.01. The molecule has 0 radical (unpaired) electrons. The van der Waals surface area contributed by atoms with Crippen LogP contribution in [0.25, 0.3) is 0 Å². The Morgan fingerprint density at radius 3 is 2.50 bits per heavy atom. The molecule has 5 rings (SSSR count). The van der Waals surface area contributed by atoms with Crippen LogP contribution >= 0.6 is 0 Å². The van der Waals surface area contributed by atoms with Crippen LogP contribution in [-0.4, -0.2) is 24.6 Å². The van der Waals surface area contributed by atoms with Gasteiger partial charge in [-0.2, -0.15) is 0 Å². The van der Waals surface area contributed by atoms with Gasteiger partial charge in [-0.3, -0.25) is 9.59 Å². The number of rotatable bonds is 1. The summed E-state index contributed by atoms with van der Waals surface area (Å²) in [5, 5.41) is 0. The molecular formula is C19H16N2O3. The van der Waals surface area contributed by atoms with Crippen LogP contribution in [0, 0.1) is 11.8 Å². The van der Waals surface area contributed by atoms with Gasteiger partial charge < -0.3 is 9.64 Å². The first-order valence-electron chi connectivity index (χ1n) is 8.15. The van der Waals surface area contributed by atoms with Crippen molar-refractivity contribution in [2.45, 2.75) is 12.8 Å². The lowest BCUT2D eigenvalue weighted by molar-refractivity contribution is -0.125. The minimum Gasteiger partial charge on any atom is -0.353 e. The minimum atomic E-state index is -0.425. The number of nitrogens with zero attached hydrogens (tertiary/aromatic N) is 2. The second-order valence-electron chi connectivity index (χ2n) is 6.46. The SMILES string of the molecule is O=C1[C@@H]2[C@@H](CN3c4ccccc4CO[C@@H]23)C(=O)N1c1ccccc1. The van der Waals surface area contributed by atoms with Crippen LogP contribution in [0.2, 0.25) is 0 Å². The van der Waals surface area contributed by atoms with E-state index >= 15 is 0 Å². The van der Waals surface area contributed by atoms with E-state index in [2.05, 4.69) is 4.90 Å². The standard InChI is InChI=1S/C19H16N2O3/c22-17-14-10-20-15-9-5-4-6-12(15)11-24-19(20)16(14)18(23)21(17)13-7-2-1-3-8-13/h1-9,14,16,19H,10-11H2/t14-,16+,19+/m1/s1. The van der Waals surface area contributed by atoms with E-state index in [-0.39, 0.29) is 24.0 Å². The average Bonchev–Trinajstić information content (AvgIpc) is 3.12. The van der Waals surface area contributed by atoms with Crippen LogP contribution in [0.15, 0.2) is 54.6 Å². The summed E-state index contributed by atoms with van der Waals surface area (Å²) in [6, 6.07) is 17.2. The summed E-state index contributed by atoms with van der Waals surface area (Å²) >= 11 is 0. The van der Waals surface area contributed by atoms with Gasteiger partial charge in [-0.15, -0.1) is 0 Å². The summed E-state index contributed by atoms with van der Waals surface area (Å²) in [5.41, 5.74) is 2.83. The first-order chi connectivity index (χ1) is 11.8. The Balaban J connectivity index is 1.52. The molecule has 2 aromatic carbocycles. The summed E-state index contributed by atoms with van der Waals surface area (Å²) in [6.07, 6.45) is -0.352. The molecule has 120 valence electrons.